The fourth-order valence-corrected chi connectivity index (χ4v) is 2.25. The van der Waals surface area contributed by atoms with Crippen molar-refractivity contribution in [3.8, 4) is 0 Å². The van der Waals surface area contributed by atoms with Crippen LogP contribution in [0.2, 0.25) is 0 Å². The number of rotatable bonds is 5. The molecule has 5 heteroatoms. The van der Waals surface area contributed by atoms with Crippen molar-refractivity contribution in [2.75, 3.05) is 0 Å². The van der Waals surface area contributed by atoms with E-state index in [0.29, 0.717) is 13.0 Å². The van der Waals surface area contributed by atoms with Gasteiger partial charge >= 0.3 is 0 Å². The van der Waals surface area contributed by atoms with Gasteiger partial charge in [-0.2, -0.15) is 5.10 Å². The zero-order valence-electron chi connectivity index (χ0n) is 11.0. The van der Waals surface area contributed by atoms with Crippen molar-refractivity contribution in [1.82, 2.24) is 20.5 Å². The van der Waals surface area contributed by atoms with Gasteiger partial charge in [0.1, 0.15) is 0 Å². The molecule has 3 aromatic rings. The van der Waals surface area contributed by atoms with Crippen molar-refractivity contribution in [1.29, 1.82) is 0 Å². The Morgan fingerprint density at radius 2 is 2.15 bits per heavy atom. The topological polar surface area (TPSA) is 73.6 Å². The molecule has 0 atom stereocenters. The lowest BCUT2D eigenvalue weighted by Crippen LogP contribution is -2.22. The Balaban J connectivity index is 1.55. The van der Waals surface area contributed by atoms with Gasteiger partial charge in [-0.15, -0.1) is 0 Å². The molecule has 2 heterocycles. The molecular formula is C15H16N4O. The molecule has 3 N–H and O–H groups in total. The van der Waals surface area contributed by atoms with Gasteiger partial charge in [0.25, 0.3) is 0 Å². The van der Waals surface area contributed by atoms with Crippen LogP contribution in [-0.2, 0) is 17.8 Å². The van der Waals surface area contributed by atoms with Gasteiger partial charge in [0, 0.05) is 41.8 Å². The van der Waals surface area contributed by atoms with Crippen LogP contribution in [0.3, 0.4) is 0 Å². The van der Waals surface area contributed by atoms with Crippen LogP contribution >= 0.6 is 0 Å². The van der Waals surface area contributed by atoms with Crippen LogP contribution < -0.4 is 5.32 Å². The van der Waals surface area contributed by atoms with Crippen molar-refractivity contribution >= 4 is 16.8 Å². The number of H-pyrrole nitrogens is 2. The van der Waals surface area contributed by atoms with Crippen LogP contribution in [-0.4, -0.2) is 21.1 Å². The number of benzene rings is 1. The molecule has 0 aliphatic carbocycles. The van der Waals surface area contributed by atoms with E-state index in [1.165, 1.54) is 10.9 Å². The SMILES string of the molecule is O=C(CCc1c[nH]c2ccccc12)NCc1cn[nH]c1. The fraction of sp³-hybridized carbons (Fsp3) is 0.200. The van der Waals surface area contributed by atoms with Crippen molar-refractivity contribution < 1.29 is 4.79 Å². The smallest absolute Gasteiger partial charge is 0.220 e. The number of amides is 1. The Bertz CT molecular complexity index is 700. The molecule has 0 fully saturated rings. The van der Waals surface area contributed by atoms with Crippen LogP contribution in [0.1, 0.15) is 17.5 Å². The first-order chi connectivity index (χ1) is 9.83. The van der Waals surface area contributed by atoms with E-state index in [-0.39, 0.29) is 5.91 Å². The predicted octanol–water partition coefficient (Wildman–Crippen LogP) is 2.14. The molecule has 102 valence electrons. The average molecular weight is 268 g/mol. The highest BCUT2D eigenvalue weighted by molar-refractivity contribution is 5.84. The third-order valence-electron chi connectivity index (χ3n) is 3.34. The van der Waals surface area contributed by atoms with E-state index < -0.39 is 0 Å². The molecule has 2 aromatic heterocycles. The molecule has 3 rings (SSSR count). The number of fused-ring (bicyclic) bond motifs is 1. The van der Waals surface area contributed by atoms with Gasteiger partial charge in [-0.05, 0) is 18.1 Å². The lowest BCUT2D eigenvalue weighted by molar-refractivity contribution is -0.121. The predicted molar refractivity (Wildman–Crippen MR) is 77.1 cm³/mol. The van der Waals surface area contributed by atoms with Crippen LogP contribution in [0.5, 0.6) is 0 Å². The highest BCUT2D eigenvalue weighted by atomic mass is 16.1. The molecular weight excluding hydrogens is 252 g/mol. The molecule has 0 spiro atoms. The number of hydrogen-bond donors (Lipinski definition) is 3. The van der Waals surface area contributed by atoms with Crippen molar-refractivity contribution in [2.45, 2.75) is 19.4 Å². The van der Waals surface area contributed by atoms with E-state index in [9.17, 15) is 4.79 Å². The highest BCUT2D eigenvalue weighted by Crippen LogP contribution is 2.18. The molecule has 0 aliphatic rings. The summed E-state index contributed by atoms with van der Waals surface area (Å²) in [4.78, 5) is 15.0. The van der Waals surface area contributed by atoms with E-state index in [1.807, 2.05) is 24.4 Å². The quantitative estimate of drug-likeness (QED) is 0.663. The number of nitrogens with one attached hydrogen (secondary N) is 3. The normalized spacial score (nSPS) is 10.8. The number of carbonyl (C=O) groups is 1. The van der Waals surface area contributed by atoms with Crippen molar-refractivity contribution in [3.63, 3.8) is 0 Å². The molecule has 1 amide bonds. The Hall–Kier alpha value is -2.56. The van der Waals surface area contributed by atoms with Gasteiger partial charge in [-0.1, -0.05) is 18.2 Å². The molecule has 1 aromatic carbocycles. The lowest BCUT2D eigenvalue weighted by Gasteiger charge is -2.03. The first kappa shape index (κ1) is 12.5. The molecule has 5 nitrogen and oxygen atoms in total. The maximum atomic E-state index is 11.8. The zero-order valence-corrected chi connectivity index (χ0v) is 11.0. The number of hydrogen-bond acceptors (Lipinski definition) is 2. The number of nitrogens with zero attached hydrogens (tertiary/aromatic N) is 1. The van der Waals surface area contributed by atoms with Gasteiger partial charge in [0.2, 0.25) is 5.91 Å². The van der Waals surface area contributed by atoms with Gasteiger partial charge in [0.05, 0.1) is 6.20 Å². The van der Waals surface area contributed by atoms with Crippen LogP contribution in [0, 0.1) is 0 Å². The standard InChI is InChI=1S/C15H16N4O/c20-15(17-7-11-8-18-19-9-11)6-5-12-10-16-14-4-2-1-3-13(12)14/h1-4,8-10,16H,5-7H2,(H,17,20)(H,18,19). The molecule has 20 heavy (non-hydrogen) atoms. The summed E-state index contributed by atoms with van der Waals surface area (Å²) in [5.74, 6) is 0.0523. The summed E-state index contributed by atoms with van der Waals surface area (Å²) < 4.78 is 0. The van der Waals surface area contributed by atoms with Gasteiger partial charge < -0.3 is 10.3 Å². The van der Waals surface area contributed by atoms with Gasteiger partial charge in [-0.25, -0.2) is 0 Å². The average Bonchev–Trinajstić information content (AvgIpc) is 3.12. The van der Waals surface area contributed by atoms with E-state index in [2.05, 4.69) is 26.6 Å². The Morgan fingerprint density at radius 1 is 1.25 bits per heavy atom. The first-order valence-corrected chi connectivity index (χ1v) is 6.62. The van der Waals surface area contributed by atoms with Gasteiger partial charge in [0.15, 0.2) is 0 Å². The third kappa shape index (κ3) is 2.71. The maximum absolute atomic E-state index is 11.8. The Kier molecular flexibility index (Phi) is 3.50. The number of para-hydroxylation sites is 1. The summed E-state index contributed by atoms with van der Waals surface area (Å²) in [5.41, 5.74) is 3.27. The molecule has 0 bridgehead atoms. The summed E-state index contributed by atoms with van der Waals surface area (Å²) in [6, 6.07) is 8.13. The van der Waals surface area contributed by atoms with Crippen molar-refractivity contribution in [3.05, 3.63) is 54.0 Å². The zero-order chi connectivity index (χ0) is 13.8. The van der Waals surface area contributed by atoms with Crippen LogP contribution in [0.4, 0.5) is 0 Å². The number of aryl methyl sites for hydroxylation is 1. The summed E-state index contributed by atoms with van der Waals surface area (Å²) in [7, 11) is 0. The van der Waals surface area contributed by atoms with Gasteiger partial charge in [-0.3, -0.25) is 9.89 Å². The number of aromatic amines is 2. The Morgan fingerprint density at radius 3 is 3.00 bits per heavy atom. The first-order valence-electron chi connectivity index (χ1n) is 6.62. The highest BCUT2D eigenvalue weighted by Gasteiger charge is 2.06. The monoisotopic (exact) mass is 268 g/mol. The Labute approximate surface area is 116 Å². The van der Waals surface area contributed by atoms with E-state index in [1.54, 1.807) is 12.4 Å². The number of carbonyl (C=O) groups excluding carboxylic acids is 1. The second kappa shape index (κ2) is 5.61. The van der Waals surface area contributed by atoms with E-state index in [4.69, 9.17) is 0 Å². The summed E-state index contributed by atoms with van der Waals surface area (Å²) in [5, 5.41) is 10.6. The molecule has 0 saturated heterocycles. The molecule has 0 unspecified atom stereocenters. The van der Waals surface area contributed by atoms with Crippen molar-refractivity contribution in [2.24, 2.45) is 0 Å². The number of aromatic nitrogens is 3. The molecule has 0 radical (unpaired) electrons. The fourth-order valence-electron chi connectivity index (χ4n) is 2.25. The van der Waals surface area contributed by atoms with E-state index >= 15 is 0 Å². The second-order valence-corrected chi connectivity index (χ2v) is 4.74. The largest absolute Gasteiger partial charge is 0.361 e. The van der Waals surface area contributed by atoms with E-state index in [0.717, 1.165) is 17.5 Å². The summed E-state index contributed by atoms with van der Waals surface area (Å²) in [6.07, 6.45) is 6.69. The minimum absolute atomic E-state index is 0.0523. The third-order valence-corrected chi connectivity index (χ3v) is 3.34. The minimum atomic E-state index is 0.0523. The maximum Gasteiger partial charge on any atom is 0.220 e. The lowest BCUT2D eigenvalue weighted by atomic mass is 10.1. The minimum Gasteiger partial charge on any atom is -0.361 e. The summed E-state index contributed by atoms with van der Waals surface area (Å²) >= 11 is 0. The van der Waals surface area contributed by atoms with Crippen LogP contribution in [0.25, 0.3) is 10.9 Å². The van der Waals surface area contributed by atoms with Crippen LogP contribution in [0.15, 0.2) is 42.9 Å². The summed E-state index contributed by atoms with van der Waals surface area (Å²) in [6.45, 7) is 0.517. The molecule has 0 aliphatic heterocycles. The molecule has 0 saturated carbocycles. The second-order valence-electron chi connectivity index (χ2n) is 4.74.